The van der Waals surface area contributed by atoms with E-state index in [0.717, 1.165) is 60.8 Å². The van der Waals surface area contributed by atoms with Crippen molar-refractivity contribution in [2.24, 2.45) is 0 Å². The molecule has 7 heteroatoms. The van der Waals surface area contributed by atoms with Gasteiger partial charge in [-0.2, -0.15) is 10.4 Å². The summed E-state index contributed by atoms with van der Waals surface area (Å²) in [4.78, 5) is 9.90. The zero-order chi connectivity index (χ0) is 21.2. The van der Waals surface area contributed by atoms with Crippen molar-refractivity contribution < 1.29 is 0 Å². The van der Waals surface area contributed by atoms with Gasteiger partial charge in [0.25, 0.3) is 0 Å². The van der Waals surface area contributed by atoms with E-state index in [4.69, 9.17) is 10.2 Å². The van der Waals surface area contributed by atoms with Crippen LogP contribution in [0.4, 0.5) is 0 Å². The first kappa shape index (κ1) is 19.5. The van der Waals surface area contributed by atoms with Crippen LogP contribution in [-0.2, 0) is 6.54 Å². The van der Waals surface area contributed by atoms with Crippen molar-refractivity contribution in [1.82, 2.24) is 29.4 Å². The van der Waals surface area contributed by atoms with Gasteiger partial charge in [-0.05, 0) is 50.8 Å². The van der Waals surface area contributed by atoms with Gasteiger partial charge >= 0.3 is 0 Å². The van der Waals surface area contributed by atoms with Crippen LogP contribution in [0.2, 0.25) is 0 Å². The zero-order valence-electron chi connectivity index (χ0n) is 17.6. The van der Waals surface area contributed by atoms with E-state index < -0.39 is 0 Å². The third-order valence-electron chi connectivity index (χ3n) is 6.02. The maximum absolute atomic E-state index is 9.17. The smallest absolute Gasteiger partial charge is 0.137 e. The molecule has 7 nitrogen and oxygen atoms in total. The molecule has 1 saturated heterocycles. The predicted molar refractivity (Wildman–Crippen MR) is 120 cm³/mol. The van der Waals surface area contributed by atoms with Crippen molar-refractivity contribution in [3.8, 4) is 28.5 Å². The Labute approximate surface area is 181 Å². The summed E-state index contributed by atoms with van der Waals surface area (Å²) in [5.41, 5.74) is 6.93. The number of H-pyrrole nitrogens is 1. The topological polar surface area (TPSA) is 76.2 Å². The van der Waals surface area contributed by atoms with E-state index in [1.807, 2.05) is 36.7 Å². The Kier molecular flexibility index (Phi) is 5.24. The lowest BCUT2D eigenvalue weighted by Gasteiger charge is -2.20. The van der Waals surface area contributed by atoms with Crippen LogP contribution >= 0.6 is 0 Å². The molecular formula is C24H25N7. The highest BCUT2D eigenvalue weighted by molar-refractivity contribution is 5.70. The number of nitrogens with zero attached hydrogens (tertiary/aromatic N) is 6. The number of likely N-dealkylation sites (N-methyl/N-ethyl adjacent to an activating group) is 1. The molecule has 156 valence electrons. The van der Waals surface area contributed by atoms with E-state index in [9.17, 15) is 0 Å². The van der Waals surface area contributed by atoms with E-state index in [1.165, 1.54) is 12.1 Å². The quantitative estimate of drug-likeness (QED) is 0.557. The molecule has 1 aliphatic heterocycles. The first-order valence-electron chi connectivity index (χ1n) is 10.6. The number of hydrogen-bond donors (Lipinski definition) is 1. The highest BCUT2D eigenvalue weighted by Crippen LogP contribution is 2.28. The molecule has 0 radical (unpaired) electrons. The monoisotopic (exact) mass is 411 g/mol. The Balaban J connectivity index is 1.60. The van der Waals surface area contributed by atoms with Crippen molar-refractivity contribution in [2.75, 3.05) is 33.2 Å². The Morgan fingerprint density at radius 2 is 1.84 bits per heavy atom. The maximum atomic E-state index is 9.17. The number of imidazole rings is 1. The normalized spacial score (nSPS) is 15.7. The van der Waals surface area contributed by atoms with Crippen LogP contribution in [0.5, 0.6) is 0 Å². The molecule has 3 aromatic heterocycles. The molecule has 0 atom stereocenters. The number of aromatic amines is 1. The Hall–Kier alpha value is -3.47. The van der Waals surface area contributed by atoms with Crippen molar-refractivity contribution >= 4 is 5.65 Å². The summed E-state index contributed by atoms with van der Waals surface area (Å²) in [6, 6.07) is 14.1. The fraction of sp³-hybridized carbons (Fsp3) is 0.292. The molecular weight excluding hydrogens is 386 g/mol. The number of fused-ring (bicyclic) bond motifs is 1. The summed E-state index contributed by atoms with van der Waals surface area (Å²) >= 11 is 0. The van der Waals surface area contributed by atoms with Gasteiger partial charge < -0.3 is 9.30 Å². The second-order valence-electron chi connectivity index (χ2n) is 8.16. The van der Waals surface area contributed by atoms with Gasteiger partial charge in [0.2, 0.25) is 0 Å². The van der Waals surface area contributed by atoms with Crippen LogP contribution < -0.4 is 0 Å². The number of nitriles is 1. The van der Waals surface area contributed by atoms with Crippen molar-refractivity contribution in [3.63, 3.8) is 0 Å². The Morgan fingerprint density at radius 3 is 2.61 bits per heavy atom. The van der Waals surface area contributed by atoms with Crippen molar-refractivity contribution in [1.29, 1.82) is 5.26 Å². The molecule has 0 amide bonds. The minimum Gasteiger partial charge on any atom is -0.305 e. The van der Waals surface area contributed by atoms with E-state index >= 15 is 0 Å². The average Bonchev–Trinajstić information content (AvgIpc) is 3.40. The van der Waals surface area contributed by atoms with Crippen LogP contribution in [0, 0.1) is 11.3 Å². The molecule has 0 bridgehead atoms. The largest absolute Gasteiger partial charge is 0.305 e. The molecule has 5 rings (SSSR count). The Bertz CT molecular complexity index is 1220. The van der Waals surface area contributed by atoms with Crippen LogP contribution in [0.3, 0.4) is 0 Å². The molecule has 0 spiro atoms. The second kappa shape index (κ2) is 8.34. The summed E-state index contributed by atoms with van der Waals surface area (Å²) in [5, 5.41) is 16.2. The number of benzene rings is 1. The first-order valence-corrected chi connectivity index (χ1v) is 10.6. The molecule has 1 aromatic carbocycles. The lowest BCUT2D eigenvalue weighted by Crippen LogP contribution is -2.29. The molecule has 0 aliphatic carbocycles. The van der Waals surface area contributed by atoms with Crippen molar-refractivity contribution in [3.05, 3.63) is 66.2 Å². The molecule has 1 aliphatic rings. The molecule has 0 unspecified atom stereocenters. The van der Waals surface area contributed by atoms with Gasteiger partial charge in [-0.1, -0.05) is 12.1 Å². The molecule has 4 aromatic rings. The SMILES string of the molecule is CN1CCCN(Cc2c(-c3ccc(C#N)cc3)nc3ccc(-c4cn[nH]c4)cn23)CC1. The van der Waals surface area contributed by atoms with Crippen LogP contribution in [0.1, 0.15) is 17.7 Å². The van der Waals surface area contributed by atoms with Crippen molar-refractivity contribution in [2.45, 2.75) is 13.0 Å². The van der Waals surface area contributed by atoms with Gasteiger partial charge in [-0.3, -0.25) is 10.00 Å². The predicted octanol–water partition coefficient (Wildman–Crippen LogP) is 3.40. The van der Waals surface area contributed by atoms with E-state index in [1.54, 1.807) is 0 Å². The van der Waals surface area contributed by atoms with Crippen LogP contribution in [-0.4, -0.2) is 62.6 Å². The maximum Gasteiger partial charge on any atom is 0.137 e. The van der Waals surface area contributed by atoms with E-state index in [2.05, 4.69) is 55.8 Å². The van der Waals surface area contributed by atoms with Gasteiger partial charge in [-0.25, -0.2) is 4.98 Å². The summed E-state index contributed by atoms with van der Waals surface area (Å²) < 4.78 is 2.21. The minimum absolute atomic E-state index is 0.659. The third-order valence-corrected chi connectivity index (χ3v) is 6.02. The van der Waals surface area contributed by atoms with Gasteiger partial charge in [-0.15, -0.1) is 0 Å². The van der Waals surface area contributed by atoms with Gasteiger partial charge in [0.1, 0.15) is 5.65 Å². The average molecular weight is 412 g/mol. The standard InChI is InChI=1S/C24H25N7/c1-29-9-2-10-30(12-11-29)17-22-24(19-5-3-18(13-25)4-6-19)28-23-8-7-20(16-31(22)23)21-14-26-27-15-21/h3-8,14-16H,2,9-12,17H2,1H3,(H,26,27). The molecule has 1 fully saturated rings. The zero-order valence-corrected chi connectivity index (χ0v) is 17.6. The molecule has 31 heavy (non-hydrogen) atoms. The second-order valence-corrected chi connectivity index (χ2v) is 8.16. The van der Waals surface area contributed by atoms with Crippen LogP contribution in [0.15, 0.2) is 55.0 Å². The Morgan fingerprint density at radius 1 is 1.00 bits per heavy atom. The van der Waals surface area contributed by atoms with Crippen LogP contribution in [0.25, 0.3) is 28.0 Å². The van der Waals surface area contributed by atoms with Gasteiger partial charge in [0.05, 0.1) is 29.2 Å². The van der Waals surface area contributed by atoms with E-state index in [-0.39, 0.29) is 0 Å². The summed E-state index contributed by atoms with van der Waals surface area (Å²) in [5.74, 6) is 0. The number of pyridine rings is 1. The highest BCUT2D eigenvalue weighted by atomic mass is 15.2. The number of rotatable bonds is 4. The summed E-state index contributed by atoms with van der Waals surface area (Å²) in [6.45, 7) is 5.16. The third kappa shape index (κ3) is 3.96. The lowest BCUT2D eigenvalue weighted by atomic mass is 10.1. The fourth-order valence-corrected chi connectivity index (χ4v) is 4.23. The number of nitrogens with one attached hydrogen (secondary N) is 1. The fourth-order valence-electron chi connectivity index (χ4n) is 4.23. The summed E-state index contributed by atoms with van der Waals surface area (Å²) in [6.07, 6.45) is 7.06. The number of aromatic nitrogens is 4. The first-order chi connectivity index (χ1) is 15.2. The summed E-state index contributed by atoms with van der Waals surface area (Å²) in [7, 11) is 2.19. The van der Waals surface area contributed by atoms with E-state index in [0.29, 0.717) is 5.56 Å². The lowest BCUT2D eigenvalue weighted by molar-refractivity contribution is 0.266. The molecule has 4 heterocycles. The minimum atomic E-state index is 0.659. The van der Waals surface area contributed by atoms with Gasteiger partial charge in [0.15, 0.2) is 0 Å². The van der Waals surface area contributed by atoms with Gasteiger partial charge in [0, 0.05) is 48.7 Å². The molecule has 0 saturated carbocycles. The number of hydrogen-bond acceptors (Lipinski definition) is 5. The highest BCUT2D eigenvalue weighted by Gasteiger charge is 2.19. The molecule has 1 N–H and O–H groups in total.